The number of alkyl halides is 1. The first-order chi connectivity index (χ1) is 9.11. The zero-order chi connectivity index (χ0) is 13.4. The zero-order valence-corrected chi connectivity index (χ0v) is 10.5. The van der Waals surface area contributed by atoms with Crippen molar-refractivity contribution in [2.45, 2.75) is 25.1 Å². The number of nitrogens with zero attached hydrogens (tertiary/aromatic N) is 1. The molecule has 1 saturated carbocycles. The van der Waals surface area contributed by atoms with Crippen LogP contribution in [0.1, 0.15) is 22.5 Å². The van der Waals surface area contributed by atoms with Crippen LogP contribution in [0.15, 0.2) is 21.5 Å². The molecular formula is C11H10FN3O3S. The Morgan fingerprint density at radius 3 is 2.95 bits per heavy atom. The molecule has 100 valence electrons. The van der Waals surface area contributed by atoms with Gasteiger partial charge in [-0.2, -0.15) is 0 Å². The predicted molar refractivity (Wildman–Crippen MR) is 65.8 cm³/mol. The second-order valence-electron chi connectivity index (χ2n) is 4.35. The van der Waals surface area contributed by atoms with Crippen molar-refractivity contribution in [1.29, 1.82) is 0 Å². The monoisotopic (exact) mass is 283 g/mol. The Morgan fingerprint density at radius 2 is 2.32 bits per heavy atom. The molecule has 0 aliphatic heterocycles. The molecule has 0 bridgehead atoms. The van der Waals surface area contributed by atoms with Gasteiger partial charge in [0, 0.05) is 6.04 Å². The molecule has 6 nitrogen and oxygen atoms in total. The van der Waals surface area contributed by atoms with Crippen LogP contribution in [0.4, 0.5) is 4.39 Å². The predicted octanol–water partition coefficient (Wildman–Crippen LogP) is 1.32. The second kappa shape index (κ2) is 4.61. The van der Waals surface area contributed by atoms with Crippen molar-refractivity contribution in [3.63, 3.8) is 0 Å². The average Bonchev–Trinajstić information content (AvgIpc) is 2.95. The minimum absolute atomic E-state index is 0.0834. The van der Waals surface area contributed by atoms with E-state index in [4.69, 9.17) is 0 Å². The van der Waals surface area contributed by atoms with Crippen LogP contribution in [-0.2, 0) is 0 Å². The highest BCUT2D eigenvalue weighted by atomic mass is 32.1. The molecule has 0 spiro atoms. The third kappa shape index (κ3) is 2.43. The summed E-state index contributed by atoms with van der Waals surface area (Å²) in [4.78, 5) is 26.2. The summed E-state index contributed by atoms with van der Waals surface area (Å²) < 4.78 is 17.0. The lowest BCUT2D eigenvalue weighted by Gasteiger charge is -2.29. The van der Waals surface area contributed by atoms with Crippen molar-refractivity contribution in [2.24, 2.45) is 0 Å². The molecular weight excluding hydrogens is 273 g/mol. The molecule has 0 unspecified atom stereocenters. The molecule has 1 aliphatic rings. The van der Waals surface area contributed by atoms with Gasteiger partial charge in [0.25, 0.3) is 5.91 Å². The van der Waals surface area contributed by atoms with Crippen molar-refractivity contribution in [3.8, 4) is 10.7 Å². The fourth-order valence-electron chi connectivity index (χ4n) is 1.85. The molecule has 2 aromatic heterocycles. The van der Waals surface area contributed by atoms with Crippen LogP contribution >= 0.6 is 11.3 Å². The van der Waals surface area contributed by atoms with Crippen LogP contribution in [0, 0.1) is 0 Å². The van der Waals surface area contributed by atoms with E-state index < -0.39 is 11.9 Å². The molecule has 1 amide bonds. The second-order valence-corrected chi connectivity index (χ2v) is 5.43. The van der Waals surface area contributed by atoms with Crippen LogP contribution in [0.3, 0.4) is 0 Å². The number of carbonyl (C=O) groups is 1. The summed E-state index contributed by atoms with van der Waals surface area (Å²) in [6.07, 6.45) is -0.0503. The lowest BCUT2D eigenvalue weighted by molar-refractivity contribution is 0.0864. The number of carbonyl (C=O) groups excluding carboxylic acids is 1. The molecule has 0 aromatic carbocycles. The summed E-state index contributed by atoms with van der Waals surface area (Å²) in [5, 5.41) is 6.29. The smallest absolute Gasteiger partial charge is 0.348 e. The van der Waals surface area contributed by atoms with Gasteiger partial charge in [-0.25, -0.2) is 9.18 Å². The van der Waals surface area contributed by atoms with E-state index in [1.807, 2.05) is 0 Å². The number of H-pyrrole nitrogens is 1. The maximum absolute atomic E-state index is 12.6. The third-order valence-corrected chi connectivity index (χ3v) is 4.01. The van der Waals surface area contributed by atoms with E-state index in [1.54, 1.807) is 12.1 Å². The van der Waals surface area contributed by atoms with Crippen molar-refractivity contribution in [1.82, 2.24) is 15.5 Å². The Bertz CT molecular complexity index is 656. The average molecular weight is 283 g/mol. The van der Waals surface area contributed by atoms with Gasteiger partial charge in [-0.15, -0.1) is 11.3 Å². The van der Waals surface area contributed by atoms with Gasteiger partial charge in [-0.05, 0) is 25.0 Å². The van der Waals surface area contributed by atoms with Crippen molar-refractivity contribution >= 4 is 17.2 Å². The molecule has 0 saturated heterocycles. The van der Waals surface area contributed by atoms with E-state index in [9.17, 15) is 14.0 Å². The van der Waals surface area contributed by atoms with Gasteiger partial charge in [0.1, 0.15) is 6.17 Å². The third-order valence-electron chi connectivity index (χ3n) is 2.92. The summed E-state index contributed by atoms with van der Waals surface area (Å²) in [5.74, 6) is -0.585. The van der Waals surface area contributed by atoms with E-state index in [0.29, 0.717) is 28.4 Å². The Morgan fingerprint density at radius 1 is 1.53 bits per heavy atom. The fraction of sp³-hybridized carbons (Fsp3) is 0.364. The van der Waals surface area contributed by atoms with Gasteiger partial charge in [0.2, 0.25) is 0 Å². The molecule has 2 N–H and O–H groups in total. The number of thiophene rings is 1. The van der Waals surface area contributed by atoms with Gasteiger partial charge in [-0.1, -0.05) is 5.16 Å². The van der Waals surface area contributed by atoms with Crippen LogP contribution in [0.5, 0.6) is 0 Å². The number of aromatic nitrogens is 2. The number of amides is 1. The molecule has 3 rings (SSSR count). The topological polar surface area (TPSA) is 88.0 Å². The van der Waals surface area contributed by atoms with Crippen molar-refractivity contribution in [2.75, 3.05) is 0 Å². The number of hydrogen-bond donors (Lipinski definition) is 2. The minimum atomic E-state index is -0.801. The van der Waals surface area contributed by atoms with E-state index in [0.717, 1.165) is 0 Å². The van der Waals surface area contributed by atoms with E-state index in [2.05, 4.69) is 20.0 Å². The molecule has 0 radical (unpaired) electrons. The molecule has 2 aromatic rings. The Balaban J connectivity index is 1.70. The first kappa shape index (κ1) is 12.1. The first-order valence-electron chi connectivity index (χ1n) is 5.73. The van der Waals surface area contributed by atoms with Gasteiger partial charge in [0.15, 0.2) is 5.82 Å². The summed E-state index contributed by atoms with van der Waals surface area (Å²) in [6.45, 7) is 0. The van der Waals surface area contributed by atoms with E-state index >= 15 is 0 Å². The Kier molecular flexibility index (Phi) is 2.94. The van der Waals surface area contributed by atoms with Crippen LogP contribution in [0.2, 0.25) is 0 Å². The van der Waals surface area contributed by atoms with Gasteiger partial charge in [-0.3, -0.25) is 14.3 Å². The van der Waals surface area contributed by atoms with Crippen LogP contribution in [-0.4, -0.2) is 28.3 Å². The van der Waals surface area contributed by atoms with Gasteiger partial charge < -0.3 is 5.32 Å². The quantitative estimate of drug-likeness (QED) is 0.889. The summed E-state index contributed by atoms with van der Waals surface area (Å²) >= 11 is 1.19. The van der Waals surface area contributed by atoms with Crippen molar-refractivity contribution < 1.29 is 13.7 Å². The van der Waals surface area contributed by atoms with Crippen LogP contribution < -0.4 is 11.1 Å². The van der Waals surface area contributed by atoms with Gasteiger partial charge >= 0.3 is 5.76 Å². The molecule has 0 atom stereocenters. The number of nitrogens with one attached hydrogen (secondary N) is 2. The van der Waals surface area contributed by atoms with Crippen molar-refractivity contribution in [3.05, 3.63) is 27.6 Å². The van der Waals surface area contributed by atoms with E-state index in [1.165, 1.54) is 11.3 Å². The fourth-order valence-corrected chi connectivity index (χ4v) is 2.69. The maximum Gasteiger partial charge on any atom is 0.439 e. The van der Waals surface area contributed by atoms with Gasteiger partial charge in [0.05, 0.1) is 9.75 Å². The summed E-state index contributed by atoms with van der Waals surface area (Å²) in [7, 11) is 0. The summed E-state index contributed by atoms with van der Waals surface area (Å²) in [5.41, 5.74) is 0. The minimum Gasteiger partial charge on any atom is -0.348 e. The summed E-state index contributed by atoms with van der Waals surface area (Å²) in [6, 6.07) is 3.22. The molecule has 1 fully saturated rings. The molecule has 1 aliphatic carbocycles. The lowest BCUT2D eigenvalue weighted by atomic mass is 9.91. The standard InChI is InChI=1S/C11H10FN3O3S/c12-5-3-6(4-5)13-10(16)8-2-1-7(19-8)9-14-11(17)18-15-9/h1-2,5-6H,3-4H2,(H,13,16)(H,14,15,17). The Labute approximate surface area is 110 Å². The molecule has 19 heavy (non-hydrogen) atoms. The highest BCUT2D eigenvalue weighted by Crippen LogP contribution is 2.27. The number of aromatic amines is 1. The number of halogens is 1. The molecule has 2 heterocycles. The SMILES string of the molecule is O=C(NC1CC(F)C1)c1ccc(-c2noc(=O)[nH]2)s1. The highest BCUT2D eigenvalue weighted by Gasteiger charge is 2.30. The number of rotatable bonds is 3. The number of hydrogen-bond acceptors (Lipinski definition) is 5. The van der Waals surface area contributed by atoms with Crippen LogP contribution in [0.25, 0.3) is 10.7 Å². The normalized spacial score (nSPS) is 21.9. The largest absolute Gasteiger partial charge is 0.439 e. The first-order valence-corrected chi connectivity index (χ1v) is 6.54. The molecule has 8 heteroatoms. The maximum atomic E-state index is 12.6. The zero-order valence-electron chi connectivity index (χ0n) is 9.68. The Hall–Kier alpha value is -1.96. The van der Waals surface area contributed by atoms with E-state index in [-0.39, 0.29) is 11.9 Å². The highest BCUT2D eigenvalue weighted by molar-refractivity contribution is 7.17. The lowest BCUT2D eigenvalue weighted by Crippen LogP contribution is -2.45.